The van der Waals surface area contributed by atoms with Gasteiger partial charge in [-0.1, -0.05) is 0 Å². The summed E-state index contributed by atoms with van der Waals surface area (Å²) in [6.07, 6.45) is 0.776. The van der Waals surface area contributed by atoms with Crippen LogP contribution in [0.2, 0.25) is 0 Å². The van der Waals surface area contributed by atoms with Crippen LogP contribution in [0.1, 0.15) is 11.5 Å². The summed E-state index contributed by atoms with van der Waals surface area (Å²) in [5.41, 5.74) is 6.32. The third-order valence-electron chi connectivity index (χ3n) is 2.29. The van der Waals surface area contributed by atoms with E-state index in [1.165, 1.54) is 0 Å². The molecule has 2 N–H and O–H groups in total. The number of nitrogen functional groups attached to an aromatic ring is 1. The molecule has 0 aliphatic heterocycles. The third kappa shape index (κ3) is 2.79. The van der Waals surface area contributed by atoms with Crippen molar-refractivity contribution >= 4 is 5.69 Å². The fraction of sp³-hybridized carbons (Fsp3) is 0.231. The second-order valence-corrected chi connectivity index (χ2v) is 3.68. The van der Waals surface area contributed by atoms with Gasteiger partial charge in [0.15, 0.2) is 0 Å². The molecule has 0 saturated carbocycles. The predicted molar refractivity (Wildman–Crippen MR) is 63.5 cm³/mol. The molecular formula is C13H15NO2. The van der Waals surface area contributed by atoms with Crippen LogP contribution in [0.15, 0.2) is 40.8 Å². The topological polar surface area (TPSA) is 48.4 Å². The Morgan fingerprint density at radius 1 is 1.12 bits per heavy atom. The van der Waals surface area contributed by atoms with E-state index in [-0.39, 0.29) is 0 Å². The molecule has 2 rings (SSSR count). The lowest BCUT2D eigenvalue weighted by Crippen LogP contribution is -2.00. The zero-order valence-corrected chi connectivity index (χ0v) is 9.27. The Morgan fingerprint density at radius 3 is 2.50 bits per heavy atom. The highest BCUT2D eigenvalue weighted by atomic mass is 16.5. The quantitative estimate of drug-likeness (QED) is 0.801. The summed E-state index contributed by atoms with van der Waals surface area (Å²) < 4.78 is 11.0. The minimum atomic E-state index is 0.608. The maximum Gasteiger partial charge on any atom is 0.119 e. The molecule has 0 bridgehead atoms. The second kappa shape index (κ2) is 4.75. The van der Waals surface area contributed by atoms with E-state index in [2.05, 4.69) is 0 Å². The maximum absolute atomic E-state index is 5.58. The Balaban J connectivity index is 1.82. The van der Waals surface area contributed by atoms with Crippen molar-refractivity contribution in [1.82, 2.24) is 0 Å². The Labute approximate surface area is 94.8 Å². The zero-order valence-electron chi connectivity index (χ0n) is 9.27. The van der Waals surface area contributed by atoms with Crippen LogP contribution in [0.4, 0.5) is 5.69 Å². The summed E-state index contributed by atoms with van der Waals surface area (Å²) in [6.45, 7) is 2.54. The molecule has 0 spiro atoms. The molecule has 0 amide bonds. The number of aryl methyl sites for hydroxylation is 1. The number of nitrogens with two attached hydrogens (primary N) is 1. The fourth-order valence-corrected chi connectivity index (χ4v) is 1.45. The van der Waals surface area contributed by atoms with Crippen LogP contribution < -0.4 is 10.5 Å². The van der Waals surface area contributed by atoms with Crippen LogP contribution in [-0.4, -0.2) is 6.61 Å². The largest absolute Gasteiger partial charge is 0.493 e. The zero-order chi connectivity index (χ0) is 11.4. The molecule has 1 aromatic heterocycles. The number of benzene rings is 1. The standard InChI is InChI=1S/C13H15NO2/c1-10-2-5-13(16-10)8-9-15-12-6-3-11(14)4-7-12/h2-7H,8-9,14H2,1H3. The SMILES string of the molecule is Cc1ccc(CCOc2ccc(N)cc2)o1. The van der Waals surface area contributed by atoms with Crippen LogP contribution in [-0.2, 0) is 6.42 Å². The van der Waals surface area contributed by atoms with Gasteiger partial charge in [-0.15, -0.1) is 0 Å². The first-order chi connectivity index (χ1) is 7.74. The highest BCUT2D eigenvalue weighted by Crippen LogP contribution is 2.14. The molecule has 0 aliphatic carbocycles. The molecule has 0 atom stereocenters. The van der Waals surface area contributed by atoms with Crippen molar-refractivity contribution in [3.8, 4) is 5.75 Å². The molecule has 0 aliphatic rings. The first-order valence-electron chi connectivity index (χ1n) is 5.28. The van der Waals surface area contributed by atoms with Gasteiger partial charge in [-0.3, -0.25) is 0 Å². The van der Waals surface area contributed by atoms with Crippen molar-refractivity contribution in [2.75, 3.05) is 12.3 Å². The van der Waals surface area contributed by atoms with Crippen molar-refractivity contribution < 1.29 is 9.15 Å². The summed E-state index contributed by atoms with van der Waals surface area (Å²) in [5, 5.41) is 0. The lowest BCUT2D eigenvalue weighted by Gasteiger charge is -2.04. The van der Waals surface area contributed by atoms with E-state index in [0.29, 0.717) is 6.61 Å². The van der Waals surface area contributed by atoms with Crippen LogP contribution >= 0.6 is 0 Å². The Kier molecular flexibility index (Phi) is 3.15. The van der Waals surface area contributed by atoms with E-state index in [0.717, 1.165) is 29.4 Å². The number of ether oxygens (including phenoxy) is 1. The molecule has 1 heterocycles. The number of hydrogen-bond donors (Lipinski definition) is 1. The minimum absolute atomic E-state index is 0.608. The summed E-state index contributed by atoms with van der Waals surface area (Å²) >= 11 is 0. The molecule has 16 heavy (non-hydrogen) atoms. The average Bonchev–Trinajstić information content (AvgIpc) is 2.67. The van der Waals surface area contributed by atoms with Crippen molar-refractivity contribution in [3.63, 3.8) is 0 Å². The van der Waals surface area contributed by atoms with E-state index in [1.54, 1.807) is 0 Å². The second-order valence-electron chi connectivity index (χ2n) is 3.68. The van der Waals surface area contributed by atoms with E-state index < -0.39 is 0 Å². The maximum atomic E-state index is 5.58. The molecule has 2 aromatic rings. The molecule has 3 nitrogen and oxygen atoms in total. The highest BCUT2D eigenvalue weighted by molar-refractivity contribution is 5.41. The molecular weight excluding hydrogens is 202 g/mol. The van der Waals surface area contributed by atoms with Crippen molar-refractivity contribution in [1.29, 1.82) is 0 Å². The summed E-state index contributed by atoms with van der Waals surface area (Å²) in [4.78, 5) is 0. The first-order valence-corrected chi connectivity index (χ1v) is 5.28. The molecule has 0 radical (unpaired) electrons. The van der Waals surface area contributed by atoms with Gasteiger partial charge < -0.3 is 14.9 Å². The molecule has 1 aromatic carbocycles. The van der Waals surface area contributed by atoms with Gasteiger partial charge in [0.05, 0.1) is 6.61 Å². The van der Waals surface area contributed by atoms with Gasteiger partial charge in [0.1, 0.15) is 17.3 Å². The van der Waals surface area contributed by atoms with Crippen molar-refractivity contribution in [2.45, 2.75) is 13.3 Å². The monoisotopic (exact) mass is 217 g/mol. The number of rotatable bonds is 4. The van der Waals surface area contributed by atoms with Gasteiger partial charge in [-0.25, -0.2) is 0 Å². The van der Waals surface area contributed by atoms with Crippen LogP contribution in [0.3, 0.4) is 0 Å². The van der Waals surface area contributed by atoms with E-state index >= 15 is 0 Å². The third-order valence-corrected chi connectivity index (χ3v) is 2.29. The van der Waals surface area contributed by atoms with Gasteiger partial charge in [0, 0.05) is 12.1 Å². The van der Waals surface area contributed by atoms with E-state index in [4.69, 9.17) is 14.9 Å². The molecule has 0 fully saturated rings. The smallest absolute Gasteiger partial charge is 0.119 e. The number of furan rings is 1. The van der Waals surface area contributed by atoms with E-state index in [9.17, 15) is 0 Å². The normalized spacial score (nSPS) is 10.3. The predicted octanol–water partition coefficient (Wildman–Crippen LogP) is 2.79. The minimum Gasteiger partial charge on any atom is -0.493 e. The number of hydrogen-bond acceptors (Lipinski definition) is 3. The summed E-state index contributed by atoms with van der Waals surface area (Å²) in [7, 11) is 0. The van der Waals surface area contributed by atoms with Crippen molar-refractivity contribution in [2.24, 2.45) is 0 Å². The van der Waals surface area contributed by atoms with Gasteiger partial charge in [0.2, 0.25) is 0 Å². The Hall–Kier alpha value is -1.90. The highest BCUT2D eigenvalue weighted by Gasteiger charge is 1.99. The molecule has 0 unspecified atom stereocenters. The van der Waals surface area contributed by atoms with Crippen LogP contribution in [0.25, 0.3) is 0 Å². The fourth-order valence-electron chi connectivity index (χ4n) is 1.45. The molecule has 3 heteroatoms. The van der Waals surface area contributed by atoms with Crippen LogP contribution in [0.5, 0.6) is 5.75 Å². The number of anilines is 1. The Morgan fingerprint density at radius 2 is 1.88 bits per heavy atom. The van der Waals surface area contributed by atoms with E-state index in [1.807, 2.05) is 43.3 Å². The summed E-state index contributed by atoms with van der Waals surface area (Å²) in [6, 6.07) is 11.3. The van der Waals surface area contributed by atoms with Gasteiger partial charge >= 0.3 is 0 Å². The summed E-state index contributed by atoms with van der Waals surface area (Å²) in [5.74, 6) is 2.72. The lowest BCUT2D eigenvalue weighted by atomic mass is 10.3. The lowest BCUT2D eigenvalue weighted by molar-refractivity contribution is 0.308. The van der Waals surface area contributed by atoms with Gasteiger partial charge in [-0.2, -0.15) is 0 Å². The van der Waals surface area contributed by atoms with Crippen molar-refractivity contribution in [3.05, 3.63) is 47.9 Å². The average molecular weight is 217 g/mol. The molecule has 84 valence electrons. The Bertz CT molecular complexity index is 445. The molecule has 0 saturated heterocycles. The van der Waals surface area contributed by atoms with Gasteiger partial charge in [0.25, 0.3) is 0 Å². The first kappa shape index (κ1) is 10.6. The van der Waals surface area contributed by atoms with Crippen LogP contribution in [0, 0.1) is 6.92 Å². The van der Waals surface area contributed by atoms with Gasteiger partial charge in [-0.05, 0) is 43.3 Å².